The van der Waals surface area contributed by atoms with Crippen LogP contribution in [0, 0.1) is 0 Å². The van der Waals surface area contributed by atoms with Crippen LogP contribution in [-0.2, 0) is 0 Å². The first-order valence-corrected chi connectivity index (χ1v) is 8.01. The van der Waals surface area contributed by atoms with E-state index in [9.17, 15) is 9.59 Å². The Morgan fingerprint density at radius 1 is 1.05 bits per heavy atom. The van der Waals surface area contributed by atoms with Gasteiger partial charge in [0, 0.05) is 6.04 Å². The van der Waals surface area contributed by atoms with E-state index < -0.39 is 0 Å². The highest BCUT2D eigenvalue weighted by Gasteiger charge is 2.21. The first kappa shape index (κ1) is 14.6. The molecule has 0 atom stereocenters. The molecule has 0 unspecified atom stereocenters. The van der Waals surface area contributed by atoms with Gasteiger partial charge in [-0.1, -0.05) is 12.1 Å². The zero-order chi connectivity index (χ0) is 15.5. The van der Waals surface area contributed by atoms with E-state index in [1.54, 1.807) is 36.4 Å². The van der Waals surface area contributed by atoms with Crippen LogP contribution in [0.25, 0.3) is 0 Å². The highest BCUT2D eigenvalue weighted by atomic mass is 32.1. The summed E-state index contributed by atoms with van der Waals surface area (Å²) in [4.78, 5) is 25.3. The van der Waals surface area contributed by atoms with Gasteiger partial charge >= 0.3 is 0 Å². The van der Waals surface area contributed by atoms with Crippen molar-refractivity contribution < 1.29 is 9.59 Å². The summed E-state index contributed by atoms with van der Waals surface area (Å²) in [6.45, 7) is 0. The monoisotopic (exact) mass is 315 g/mol. The second kappa shape index (κ2) is 6.19. The van der Waals surface area contributed by atoms with Crippen LogP contribution in [0.3, 0.4) is 0 Å². The van der Waals surface area contributed by atoms with Crippen molar-refractivity contribution >= 4 is 34.5 Å². The number of hydrogen-bond acceptors (Lipinski definition) is 4. The van der Waals surface area contributed by atoms with Crippen molar-refractivity contribution in [3.05, 3.63) is 46.2 Å². The summed E-state index contributed by atoms with van der Waals surface area (Å²) >= 11 is 1.19. The van der Waals surface area contributed by atoms with Gasteiger partial charge in [-0.25, -0.2) is 0 Å². The number of para-hydroxylation sites is 2. The van der Waals surface area contributed by atoms with Gasteiger partial charge in [0.2, 0.25) is 0 Å². The topological polar surface area (TPSA) is 84.2 Å². The van der Waals surface area contributed by atoms with Gasteiger partial charge in [-0.3, -0.25) is 9.59 Å². The minimum Gasteiger partial charge on any atom is -0.397 e. The highest BCUT2D eigenvalue weighted by molar-refractivity contribution is 7.16. The molecule has 0 bridgehead atoms. The van der Waals surface area contributed by atoms with Crippen molar-refractivity contribution in [2.45, 2.75) is 25.3 Å². The van der Waals surface area contributed by atoms with E-state index in [1.807, 2.05) is 0 Å². The van der Waals surface area contributed by atoms with E-state index in [0.29, 0.717) is 21.1 Å². The molecule has 1 aromatic carbocycles. The third kappa shape index (κ3) is 3.12. The highest BCUT2D eigenvalue weighted by Crippen LogP contribution is 2.23. The fraction of sp³-hybridized carbons (Fsp3) is 0.250. The lowest BCUT2D eigenvalue weighted by atomic mass is 9.93. The largest absolute Gasteiger partial charge is 0.397 e. The molecule has 1 fully saturated rings. The molecule has 0 radical (unpaired) electrons. The number of nitrogens with two attached hydrogens (primary N) is 1. The van der Waals surface area contributed by atoms with Crippen LogP contribution >= 0.6 is 11.3 Å². The van der Waals surface area contributed by atoms with Gasteiger partial charge in [0.05, 0.1) is 21.1 Å². The minimum absolute atomic E-state index is 0.104. The van der Waals surface area contributed by atoms with Crippen LogP contribution in [0.15, 0.2) is 36.4 Å². The normalized spacial score (nSPS) is 14.2. The molecule has 0 aliphatic heterocycles. The smallest absolute Gasteiger partial charge is 0.265 e. The van der Waals surface area contributed by atoms with Crippen molar-refractivity contribution in [3.8, 4) is 0 Å². The molecule has 114 valence electrons. The first-order valence-electron chi connectivity index (χ1n) is 7.20. The van der Waals surface area contributed by atoms with Gasteiger partial charge in [-0.2, -0.15) is 0 Å². The lowest BCUT2D eigenvalue weighted by molar-refractivity contribution is 0.0920. The average Bonchev–Trinajstić information content (AvgIpc) is 2.95. The van der Waals surface area contributed by atoms with Gasteiger partial charge in [0.25, 0.3) is 11.8 Å². The lowest BCUT2D eigenvalue weighted by Crippen LogP contribution is -2.39. The maximum atomic E-state index is 12.2. The summed E-state index contributed by atoms with van der Waals surface area (Å²) in [7, 11) is 0. The van der Waals surface area contributed by atoms with Crippen LogP contribution < -0.4 is 16.4 Å². The van der Waals surface area contributed by atoms with E-state index in [0.717, 1.165) is 12.8 Å². The van der Waals surface area contributed by atoms with Crippen molar-refractivity contribution in [2.75, 3.05) is 11.1 Å². The van der Waals surface area contributed by atoms with Gasteiger partial charge < -0.3 is 16.4 Å². The molecular formula is C16H17N3O2S. The number of carbonyl (C=O) groups excluding carboxylic acids is 2. The van der Waals surface area contributed by atoms with E-state index in [2.05, 4.69) is 10.6 Å². The standard InChI is InChI=1S/C16H17N3O2S/c17-11-6-1-2-7-12(11)19-16(21)14-9-8-13(22-14)15(20)18-10-4-3-5-10/h1-2,6-10H,3-5,17H2,(H,18,20)(H,19,21). The Hall–Kier alpha value is -2.34. The molecule has 1 saturated carbocycles. The van der Waals surface area contributed by atoms with Crippen molar-refractivity contribution in [3.63, 3.8) is 0 Å². The third-order valence-electron chi connectivity index (χ3n) is 3.70. The molecule has 5 nitrogen and oxygen atoms in total. The summed E-state index contributed by atoms with van der Waals surface area (Å²) in [6.07, 6.45) is 3.25. The van der Waals surface area contributed by atoms with Gasteiger partial charge in [-0.15, -0.1) is 11.3 Å². The van der Waals surface area contributed by atoms with Gasteiger partial charge in [0.15, 0.2) is 0 Å². The molecule has 1 heterocycles. The molecule has 2 amide bonds. The Kier molecular flexibility index (Phi) is 4.11. The molecule has 22 heavy (non-hydrogen) atoms. The number of amides is 2. The summed E-state index contributed by atoms with van der Waals surface area (Å²) < 4.78 is 0. The molecular weight excluding hydrogens is 298 g/mol. The molecule has 1 aromatic heterocycles. The van der Waals surface area contributed by atoms with Crippen LogP contribution in [0.2, 0.25) is 0 Å². The van der Waals surface area contributed by atoms with E-state index in [-0.39, 0.29) is 17.9 Å². The number of nitrogens with one attached hydrogen (secondary N) is 2. The Morgan fingerprint density at radius 2 is 1.73 bits per heavy atom. The first-order chi connectivity index (χ1) is 10.6. The molecule has 6 heteroatoms. The maximum absolute atomic E-state index is 12.2. The Balaban J connectivity index is 1.66. The summed E-state index contributed by atoms with van der Waals surface area (Å²) in [5.41, 5.74) is 6.88. The predicted molar refractivity (Wildman–Crippen MR) is 88.2 cm³/mol. The van der Waals surface area contributed by atoms with Crippen LogP contribution in [0.5, 0.6) is 0 Å². The Bertz CT molecular complexity index is 707. The minimum atomic E-state index is -0.259. The zero-order valence-corrected chi connectivity index (χ0v) is 12.8. The number of benzene rings is 1. The van der Waals surface area contributed by atoms with Crippen LogP contribution in [-0.4, -0.2) is 17.9 Å². The fourth-order valence-electron chi connectivity index (χ4n) is 2.19. The quantitative estimate of drug-likeness (QED) is 0.759. The van der Waals surface area contributed by atoms with E-state index >= 15 is 0 Å². The molecule has 3 rings (SSSR count). The molecule has 2 aromatic rings. The van der Waals surface area contributed by atoms with Crippen LogP contribution in [0.1, 0.15) is 38.6 Å². The Morgan fingerprint density at radius 3 is 2.36 bits per heavy atom. The SMILES string of the molecule is Nc1ccccc1NC(=O)c1ccc(C(=O)NC2CCC2)s1. The summed E-state index contributed by atoms with van der Waals surface area (Å²) in [5.74, 6) is -0.362. The lowest BCUT2D eigenvalue weighted by Gasteiger charge is -2.25. The molecule has 1 aliphatic carbocycles. The van der Waals surface area contributed by atoms with Gasteiger partial charge in [-0.05, 0) is 43.5 Å². The number of nitrogen functional groups attached to an aromatic ring is 1. The Labute approximate surface area is 132 Å². The average molecular weight is 315 g/mol. The second-order valence-corrected chi connectivity index (χ2v) is 6.39. The fourth-order valence-corrected chi connectivity index (χ4v) is 2.99. The van der Waals surface area contributed by atoms with Gasteiger partial charge in [0.1, 0.15) is 0 Å². The number of hydrogen-bond donors (Lipinski definition) is 3. The molecule has 0 saturated heterocycles. The number of rotatable bonds is 4. The number of anilines is 2. The predicted octanol–water partition coefficient (Wildman–Crippen LogP) is 2.86. The number of carbonyl (C=O) groups is 2. The van der Waals surface area contributed by atoms with Crippen molar-refractivity contribution in [1.82, 2.24) is 5.32 Å². The third-order valence-corrected chi connectivity index (χ3v) is 4.79. The number of thiophene rings is 1. The summed E-state index contributed by atoms with van der Waals surface area (Å²) in [6, 6.07) is 10.7. The maximum Gasteiger partial charge on any atom is 0.265 e. The summed E-state index contributed by atoms with van der Waals surface area (Å²) in [5, 5.41) is 5.72. The van der Waals surface area contributed by atoms with E-state index in [4.69, 9.17) is 5.73 Å². The second-order valence-electron chi connectivity index (χ2n) is 5.31. The molecule has 1 aliphatic rings. The van der Waals surface area contributed by atoms with Crippen LogP contribution in [0.4, 0.5) is 11.4 Å². The van der Waals surface area contributed by atoms with E-state index in [1.165, 1.54) is 17.8 Å². The molecule has 4 N–H and O–H groups in total. The molecule has 0 spiro atoms. The van der Waals surface area contributed by atoms with Crippen molar-refractivity contribution in [1.29, 1.82) is 0 Å². The van der Waals surface area contributed by atoms with Crippen molar-refractivity contribution in [2.24, 2.45) is 0 Å². The zero-order valence-electron chi connectivity index (χ0n) is 12.0.